The van der Waals surface area contributed by atoms with Crippen molar-refractivity contribution in [3.63, 3.8) is 0 Å². The van der Waals surface area contributed by atoms with E-state index in [-0.39, 0.29) is 27.8 Å². The SMILES string of the molecule is C=CCOC(=O)c1sc(N2C(=O)C(=O)C(=C(O)c3ccc4c(c3)OCCO4)[C@@H]2c2ccc(OCCC)c(OCC)c2)nc1C. The van der Waals surface area contributed by atoms with Gasteiger partial charge < -0.3 is 28.8 Å². The maximum absolute atomic E-state index is 13.7. The van der Waals surface area contributed by atoms with E-state index in [4.69, 9.17) is 23.7 Å². The smallest absolute Gasteiger partial charge is 0.350 e. The average molecular weight is 621 g/mol. The van der Waals surface area contributed by atoms with E-state index in [0.717, 1.165) is 17.8 Å². The number of Topliss-reactive ketones (excluding diaryl/α,β-unsaturated/α-hetero) is 1. The van der Waals surface area contributed by atoms with Crippen LogP contribution in [-0.2, 0) is 14.3 Å². The van der Waals surface area contributed by atoms with Crippen molar-refractivity contribution in [3.05, 3.63) is 76.3 Å². The molecule has 2 aliphatic rings. The van der Waals surface area contributed by atoms with Crippen molar-refractivity contribution in [2.24, 2.45) is 0 Å². The molecule has 1 aromatic heterocycles. The summed E-state index contributed by atoms with van der Waals surface area (Å²) in [5, 5.41) is 11.7. The summed E-state index contributed by atoms with van der Waals surface area (Å²) >= 11 is 0.913. The summed E-state index contributed by atoms with van der Waals surface area (Å²) in [6, 6.07) is 8.73. The summed E-state index contributed by atoms with van der Waals surface area (Å²) < 4.78 is 28.2. The van der Waals surface area contributed by atoms with Gasteiger partial charge in [0.25, 0.3) is 5.78 Å². The zero-order valence-corrected chi connectivity index (χ0v) is 25.4. The van der Waals surface area contributed by atoms with Gasteiger partial charge in [-0.05, 0) is 56.2 Å². The summed E-state index contributed by atoms with van der Waals surface area (Å²) in [5.41, 5.74) is 0.873. The molecule has 0 bridgehead atoms. The van der Waals surface area contributed by atoms with E-state index in [1.807, 2.05) is 13.8 Å². The largest absolute Gasteiger partial charge is 0.507 e. The van der Waals surface area contributed by atoms with Crippen molar-refractivity contribution >= 4 is 39.9 Å². The molecule has 0 aliphatic carbocycles. The Morgan fingerprint density at radius 3 is 2.61 bits per heavy atom. The lowest BCUT2D eigenvalue weighted by Crippen LogP contribution is -2.29. The Hall–Kier alpha value is -4.84. The maximum atomic E-state index is 13.7. The molecule has 11 nitrogen and oxygen atoms in total. The van der Waals surface area contributed by atoms with Crippen molar-refractivity contribution in [2.45, 2.75) is 33.2 Å². The number of amides is 1. The van der Waals surface area contributed by atoms with E-state index in [2.05, 4.69) is 11.6 Å². The first-order valence-electron chi connectivity index (χ1n) is 14.1. The van der Waals surface area contributed by atoms with Gasteiger partial charge in [0.2, 0.25) is 0 Å². The van der Waals surface area contributed by atoms with E-state index >= 15 is 0 Å². The molecule has 0 saturated carbocycles. The van der Waals surface area contributed by atoms with Gasteiger partial charge in [-0.1, -0.05) is 37.0 Å². The minimum atomic E-state index is -1.12. The molecule has 1 saturated heterocycles. The van der Waals surface area contributed by atoms with Gasteiger partial charge in [-0.2, -0.15) is 0 Å². The van der Waals surface area contributed by atoms with Crippen LogP contribution in [0.25, 0.3) is 5.76 Å². The Morgan fingerprint density at radius 2 is 1.89 bits per heavy atom. The standard InChI is InChI=1S/C32H32N2O9S/c1-5-12-40-21-10-8-19(16-23(21)39-7-3)26-25(27(35)20-9-11-22-24(17-20)42-15-14-41-22)28(36)30(37)34(26)32-33-18(4)29(44-32)31(38)43-13-6-2/h6,8-11,16-17,26,35H,2,5,7,12-15H2,1,3-4H3/t26-/m0/s1. The van der Waals surface area contributed by atoms with Crippen molar-refractivity contribution in [2.75, 3.05) is 37.9 Å². The molecule has 2 aliphatic heterocycles. The first-order valence-corrected chi connectivity index (χ1v) is 15.0. The lowest BCUT2D eigenvalue weighted by molar-refractivity contribution is -0.132. The minimum absolute atomic E-state index is 0.00178. The van der Waals surface area contributed by atoms with Gasteiger partial charge in [-0.3, -0.25) is 14.5 Å². The molecule has 44 heavy (non-hydrogen) atoms. The van der Waals surface area contributed by atoms with Crippen LogP contribution in [0.1, 0.15) is 52.8 Å². The second-order valence-corrected chi connectivity index (χ2v) is 10.8. The Labute approximate surface area is 258 Å². The first kappa shape index (κ1) is 30.6. The number of ether oxygens (including phenoxy) is 5. The number of hydrogen-bond acceptors (Lipinski definition) is 11. The fourth-order valence-electron chi connectivity index (χ4n) is 4.86. The number of carbonyl (C=O) groups is 3. The number of benzene rings is 2. The molecule has 1 N–H and O–H groups in total. The van der Waals surface area contributed by atoms with Gasteiger partial charge in [0, 0.05) is 5.56 Å². The third kappa shape index (κ3) is 5.85. The van der Waals surface area contributed by atoms with Gasteiger partial charge in [0.1, 0.15) is 30.5 Å². The number of thiazole rings is 1. The van der Waals surface area contributed by atoms with Crippen LogP contribution in [0.2, 0.25) is 0 Å². The van der Waals surface area contributed by atoms with Crippen LogP contribution in [0.4, 0.5) is 5.13 Å². The predicted octanol–water partition coefficient (Wildman–Crippen LogP) is 5.38. The predicted molar refractivity (Wildman–Crippen MR) is 163 cm³/mol. The van der Waals surface area contributed by atoms with Crippen LogP contribution in [0.5, 0.6) is 23.0 Å². The molecule has 3 aromatic rings. The number of carbonyl (C=O) groups excluding carboxylic acids is 3. The van der Waals surface area contributed by atoms with Crippen LogP contribution in [0.15, 0.2) is 54.6 Å². The molecule has 0 radical (unpaired) electrons. The second-order valence-electron chi connectivity index (χ2n) is 9.81. The van der Waals surface area contributed by atoms with Crippen LogP contribution in [-0.4, -0.2) is 60.8 Å². The fourth-order valence-corrected chi connectivity index (χ4v) is 5.85. The molecule has 1 fully saturated rings. The molecule has 0 unspecified atom stereocenters. The third-order valence-electron chi connectivity index (χ3n) is 6.81. The highest BCUT2D eigenvalue weighted by Crippen LogP contribution is 2.46. The maximum Gasteiger partial charge on any atom is 0.350 e. The van der Waals surface area contributed by atoms with E-state index in [1.165, 1.54) is 11.0 Å². The number of anilines is 1. The van der Waals surface area contributed by atoms with E-state index in [1.54, 1.807) is 43.3 Å². The van der Waals surface area contributed by atoms with Gasteiger partial charge in [0.15, 0.2) is 28.1 Å². The Bertz CT molecular complexity index is 1640. The van der Waals surface area contributed by atoms with Gasteiger partial charge in [0.05, 0.1) is 30.5 Å². The molecule has 1 atom stereocenters. The molecular weight excluding hydrogens is 588 g/mol. The summed E-state index contributed by atoms with van der Waals surface area (Å²) in [6.07, 6.45) is 2.22. The van der Waals surface area contributed by atoms with Crippen molar-refractivity contribution in [1.82, 2.24) is 4.98 Å². The van der Waals surface area contributed by atoms with Crippen molar-refractivity contribution < 1.29 is 43.2 Å². The number of fused-ring (bicyclic) bond motifs is 1. The number of aryl methyl sites for hydroxylation is 1. The monoisotopic (exact) mass is 620 g/mol. The molecule has 3 heterocycles. The molecule has 1 amide bonds. The van der Waals surface area contributed by atoms with Gasteiger partial charge in [-0.25, -0.2) is 9.78 Å². The highest BCUT2D eigenvalue weighted by atomic mass is 32.1. The number of ketones is 1. The van der Waals surface area contributed by atoms with Gasteiger partial charge >= 0.3 is 11.9 Å². The lowest BCUT2D eigenvalue weighted by atomic mass is 9.95. The number of esters is 1. The van der Waals surface area contributed by atoms with E-state index in [9.17, 15) is 19.5 Å². The fraction of sp³-hybridized carbons (Fsp3) is 0.312. The highest BCUT2D eigenvalue weighted by molar-refractivity contribution is 7.17. The Balaban J connectivity index is 1.67. The van der Waals surface area contributed by atoms with Crippen molar-refractivity contribution in [3.8, 4) is 23.0 Å². The summed E-state index contributed by atoms with van der Waals surface area (Å²) in [7, 11) is 0. The molecule has 230 valence electrons. The Morgan fingerprint density at radius 1 is 1.11 bits per heavy atom. The zero-order valence-electron chi connectivity index (χ0n) is 24.6. The van der Waals surface area contributed by atoms with Crippen molar-refractivity contribution in [1.29, 1.82) is 0 Å². The van der Waals surface area contributed by atoms with Crippen LogP contribution < -0.4 is 23.8 Å². The molecule has 5 rings (SSSR count). The lowest BCUT2D eigenvalue weighted by Gasteiger charge is -2.24. The summed E-state index contributed by atoms with van der Waals surface area (Å²) in [6.45, 7) is 10.5. The number of aromatic nitrogens is 1. The average Bonchev–Trinajstić information content (AvgIpc) is 3.54. The molecule has 12 heteroatoms. The number of aliphatic hydroxyl groups is 1. The molecule has 2 aromatic carbocycles. The number of rotatable bonds is 11. The Kier molecular flexibility index (Phi) is 9.19. The van der Waals surface area contributed by atoms with Crippen LogP contribution >= 0.6 is 11.3 Å². The molecule has 0 spiro atoms. The normalized spacial score (nSPS) is 17.0. The zero-order chi connectivity index (χ0) is 31.4. The van der Waals surface area contributed by atoms with E-state index < -0.39 is 29.5 Å². The number of hydrogen-bond donors (Lipinski definition) is 1. The second kappa shape index (κ2) is 13.2. The van der Waals surface area contributed by atoms with Crippen LogP contribution in [0.3, 0.4) is 0 Å². The topological polar surface area (TPSA) is 134 Å². The van der Waals surface area contributed by atoms with E-state index in [0.29, 0.717) is 60.7 Å². The number of aliphatic hydroxyl groups excluding tert-OH is 1. The summed E-state index contributed by atoms with van der Waals surface area (Å²) in [5.74, 6) is -1.06. The summed E-state index contributed by atoms with van der Waals surface area (Å²) in [4.78, 5) is 46.0. The minimum Gasteiger partial charge on any atom is -0.507 e. The quantitative estimate of drug-likeness (QED) is 0.0979. The van der Waals surface area contributed by atoms with Gasteiger partial charge in [-0.15, -0.1) is 0 Å². The number of nitrogens with zero attached hydrogens (tertiary/aromatic N) is 2. The first-order chi connectivity index (χ1) is 21.3. The third-order valence-corrected chi connectivity index (χ3v) is 7.95. The van der Waals surface area contributed by atoms with Crippen LogP contribution in [0, 0.1) is 6.92 Å². The molecular formula is C32H32N2O9S. The highest BCUT2D eigenvalue weighted by Gasteiger charge is 2.49.